The normalized spacial score (nSPS) is 18.3. The predicted molar refractivity (Wildman–Crippen MR) is 70.1 cm³/mol. The highest BCUT2D eigenvalue weighted by molar-refractivity contribution is 5.78. The minimum atomic E-state index is 0.0243. The Kier molecular flexibility index (Phi) is 5.86. The molecule has 2 heteroatoms. The first-order valence-corrected chi connectivity index (χ1v) is 6.85. The van der Waals surface area contributed by atoms with Crippen molar-refractivity contribution in [3.05, 3.63) is 0 Å². The van der Waals surface area contributed by atoms with Crippen molar-refractivity contribution in [1.82, 2.24) is 0 Å². The van der Waals surface area contributed by atoms with E-state index >= 15 is 0 Å². The second-order valence-electron chi connectivity index (χ2n) is 5.48. The van der Waals surface area contributed by atoms with Gasteiger partial charge in [0, 0.05) is 6.42 Å². The SMILES string of the molecule is CCCCCCCCCC1=NC(C)(C)CO1. The molecule has 1 heterocycles. The van der Waals surface area contributed by atoms with E-state index in [1.54, 1.807) is 0 Å². The van der Waals surface area contributed by atoms with E-state index < -0.39 is 0 Å². The molecule has 0 spiro atoms. The summed E-state index contributed by atoms with van der Waals surface area (Å²) in [6, 6.07) is 0. The molecule has 0 aromatic carbocycles. The number of rotatable bonds is 8. The molecular weight excluding hydrogens is 198 g/mol. The van der Waals surface area contributed by atoms with Crippen LogP contribution in [-0.2, 0) is 4.74 Å². The van der Waals surface area contributed by atoms with Crippen molar-refractivity contribution < 1.29 is 4.74 Å². The monoisotopic (exact) mass is 225 g/mol. The van der Waals surface area contributed by atoms with Gasteiger partial charge in [-0.2, -0.15) is 0 Å². The van der Waals surface area contributed by atoms with Crippen LogP contribution in [0, 0.1) is 0 Å². The second-order valence-corrected chi connectivity index (χ2v) is 5.48. The van der Waals surface area contributed by atoms with E-state index in [9.17, 15) is 0 Å². The molecule has 0 N–H and O–H groups in total. The maximum Gasteiger partial charge on any atom is 0.183 e. The molecule has 0 fully saturated rings. The fourth-order valence-corrected chi connectivity index (χ4v) is 2.02. The number of nitrogens with zero attached hydrogens (tertiary/aromatic N) is 1. The van der Waals surface area contributed by atoms with Crippen LogP contribution in [0.4, 0.5) is 0 Å². The van der Waals surface area contributed by atoms with Gasteiger partial charge in [0.25, 0.3) is 0 Å². The van der Waals surface area contributed by atoms with Crippen molar-refractivity contribution in [2.75, 3.05) is 6.61 Å². The predicted octanol–water partition coefficient (Wildman–Crippen LogP) is 4.33. The van der Waals surface area contributed by atoms with Crippen molar-refractivity contribution in [2.24, 2.45) is 4.99 Å². The Hall–Kier alpha value is -0.530. The summed E-state index contributed by atoms with van der Waals surface area (Å²) < 4.78 is 5.56. The quantitative estimate of drug-likeness (QED) is 0.563. The van der Waals surface area contributed by atoms with E-state index in [0.717, 1.165) is 18.9 Å². The second kappa shape index (κ2) is 6.93. The van der Waals surface area contributed by atoms with Crippen molar-refractivity contribution in [3.8, 4) is 0 Å². The molecule has 2 nitrogen and oxygen atoms in total. The zero-order valence-electron chi connectivity index (χ0n) is 11.2. The number of unbranched alkanes of at least 4 members (excludes halogenated alkanes) is 6. The van der Waals surface area contributed by atoms with Crippen molar-refractivity contribution in [1.29, 1.82) is 0 Å². The lowest BCUT2D eigenvalue weighted by molar-refractivity contribution is 0.273. The van der Waals surface area contributed by atoms with Gasteiger partial charge < -0.3 is 4.74 Å². The molecule has 0 amide bonds. The van der Waals surface area contributed by atoms with Crippen LogP contribution in [-0.4, -0.2) is 18.0 Å². The zero-order chi connectivity index (χ0) is 11.9. The Morgan fingerprint density at radius 2 is 1.69 bits per heavy atom. The third kappa shape index (κ3) is 5.53. The maximum absolute atomic E-state index is 5.56. The number of hydrogen-bond donors (Lipinski definition) is 0. The van der Waals surface area contributed by atoms with E-state index in [2.05, 4.69) is 25.8 Å². The molecule has 0 aromatic heterocycles. The average Bonchev–Trinajstić information content (AvgIpc) is 2.57. The fourth-order valence-electron chi connectivity index (χ4n) is 2.02. The molecule has 1 rings (SSSR count). The summed E-state index contributed by atoms with van der Waals surface area (Å²) in [5.74, 6) is 0.985. The lowest BCUT2D eigenvalue weighted by Gasteiger charge is -2.07. The third-order valence-corrected chi connectivity index (χ3v) is 3.01. The Labute approximate surface area is 100 Å². The van der Waals surface area contributed by atoms with Crippen LogP contribution in [0.15, 0.2) is 4.99 Å². The molecule has 0 saturated heterocycles. The van der Waals surface area contributed by atoms with Gasteiger partial charge in [0.1, 0.15) is 6.61 Å². The molecule has 0 bridgehead atoms. The summed E-state index contributed by atoms with van der Waals surface area (Å²) in [5.41, 5.74) is 0.0243. The van der Waals surface area contributed by atoms with Gasteiger partial charge in [-0.25, -0.2) is 4.99 Å². The fraction of sp³-hybridized carbons (Fsp3) is 0.929. The number of hydrogen-bond acceptors (Lipinski definition) is 2. The van der Waals surface area contributed by atoms with Crippen molar-refractivity contribution >= 4 is 5.90 Å². The molecule has 0 saturated carbocycles. The molecule has 94 valence electrons. The number of aliphatic imine (C=N–C) groups is 1. The number of ether oxygens (including phenoxy) is 1. The largest absolute Gasteiger partial charge is 0.478 e. The first-order chi connectivity index (χ1) is 7.64. The average molecular weight is 225 g/mol. The third-order valence-electron chi connectivity index (χ3n) is 3.01. The van der Waals surface area contributed by atoms with Crippen LogP contribution in [0.3, 0.4) is 0 Å². The Balaban J connectivity index is 1.96. The molecule has 1 aliphatic rings. The van der Waals surface area contributed by atoms with Gasteiger partial charge in [-0.15, -0.1) is 0 Å². The summed E-state index contributed by atoms with van der Waals surface area (Å²) >= 11 is 0. The summed E-state index contributed by atoms with van der Waals surface area (Å²) in [7, 11) is 0. The van der Waals surface area contributed by atoms with E-state index in [0.29, 0.717) is 0 Å². The molecule has 0 unspecified atom stereocenters. The first-order valence-electron chi connectivity index (χ1n) is 6.85. The molecule has 0 atom stereocenters. The van der Waals surface area contributed by atoms with Crippen LogP contribution in [0.1, 0.15) is 72.1 Å². The van der Waals surface area contributed by atoms with Crippen LogP contribution < -0.4 is 0 Å². The van der Waals surface area contributed by atoms with E-state index in [1.807, 2.05) is 0 Å². The smallest absolute Gasteiger partial charge is 0.183 e. The van der Waals surface area contributed by atoms with Crippen molar-refractivity contribution in [3.63, 3.8) is 0 Å². The van der Waals surface area contributed by atoms with E-state index in [1.165, 1.54) is 44.9 Å². The van der Waals surface area contributed by atoms with Crippen LogP contribution in [0.2, 0.25) is 0 Å². The van der Waals surface area contributed by atoms with Crippen molar-refractivity contribution in [2.45, 2.75) is 77.7 Å². The topological polar surface area (TPSA) is 21.6 Å². The lowest BCUT2D eigenvalue weighted by atomic mass is 10.1. The Bertz CT molecular complexity index is 221. The minimum absolute atomic E-state index is 0.0243. The minimum Gasteiger partial charge on any atom is -0.478 e. The molecule has 1 aliphatic heterocycles. The highest BCUT2D eigenvalue weighted by atomic mass is 16.5. The van der Waals surface area contributed by atoms with Gasteiger partial charge >= 0.3 is 0 Å². The Morgan fingerprint density at radius 3 is 2.25 bits per heavy atom. The molecule has 0 radical (unpaired) electrons. The summed E-state index contributed by atoms with van der Waals surface area (Å²) in [5, 5.41) is 0. The summed E-state index contributed by atoms with van der Waals surface area (Å²) in [4.78, 5) is 4.56. The molecular formula is C14H27NO. The zero-order valence-corrected chi connectivity index (χ0v) is 11.2. The lowest BCUT2D eigenvalue weighted by Crippen LogP contribution is -2.17. The highest BCUT2D eigenvalue weighted by Crippen LogP contribution is 2.19. The van der Waals surface area contributed by atoms with E-state index in [-0.39, 0.29) is 5.54 Å². The first kappa shape index (κ1) is 13.5. The standard InChI is InChI=1S/C14H27NO/c1-4-5-6-7-8-9-10-11-13-15-14(2,3)12-16-13/h4-12H2,1-3H3. The van der Waals surface area contributed by atoms with Gasteiger partial charge in [0.05, 0.1) is 5.54 Å². The Morgan fingerprint density at radius 1 is 1.06 bits per heavy atom. The maximum atomic E-state index is 5.56. The van der Waals surface area contributed by atoms with Gasteiger partial charge in [-0.3, -0.25) is 0 Å². The van der Waals surface area contributed by atoms with Crippen LogP contribution in [0.25, 0.3) is 0 Å². The van der Waals surface area contributed by atoms with Crippen LogP contribution >= 0.6 is 0 Å². The van der Waals surface area contributed by atoms with Gasteiger partial charge in [-0.05, 0) is 20.3 Å². The summed E-state index contributed by atoms with van der Waals surface area (Å²) in [6.07, 6.45) is 10.5. The molecule has 0 aliphatic carbocycles. The summed E-state index contributed by atoms with van der Waals surface area (Å²) in [6.45, 7) is 7.28. The van der Waals surface area contributed by atoms with E-state index in [4.69, 9.17) is 4.74 Å². The highest BCUT2D eigenvalue weighted by Gasteiger charge is 2.25. The van der Waals surface area contributed by atoms with Crippen LogP contribution in [0.5, 0.6) is 0 Å². The molecule has 16 heavy (non-hydrogen) atoms. The van der Waals surface area contributed by atoms with Gasteiger partial charge in [-0.1, -0.05) is 45.4 Å². The molecule has 0 aromatic rings. The van der Waals surface area contributed by atoms with Gasteiger partial charge in [0.2, 0.25) is 0 Å². The van der Waals surface area contributed by atoms with Gasteiger partial charge in [0.15, 0.2) is 5.90 Å².